The number of aromatic nitrogens is 1. The summed E-state index contributed by atoms with van der Waals surface area (Å²) < 4.78 is 0. The molecule has 2 heterocycles. The first-order valence-electron chi connectivity index (χ1n) is 4.68. The fourth-order valence-electron chi connectivity index (χ4n) is 1.66. The van der Waals surface area contributed by atoms with Crippen molar-refractivity contribution in [1.82, 2.24) is 4.98 Å². The van der Waals surface area contributed by atoms with Gasteiger partial charge in [-0.1, -0.05) is 11.6 Å². The Balaban J connectivity index is 2.18. The van der Waals surface area contributed by atoms with E-state index in [9.17, 15) is 4.79 Å². The Morgan fingerprint density at radius 3 is 2.87 bits per heavy atom. The second kappa shape index (κ2) is 4.37. The zero-order valence-corrected chi connectivity index (χ0v) is 9.50. The lowest BCUT2D eigenvalue weighted by Gasteiger charge is -2.15. The number of rotatable bonds is 2. The fraction of sp³-hybridized carbons (Fsp3) is 0.400. The van der Waals surface area contributed by atoms with Crippen LogP contribution in [0.4, 0.5) is 5.69 Å². The quantitative estimate of drug-likeness (QED) is 0.591. The van der Waals surface area contributed by atoms with Crippen LogP contribution in [-0.4, -0.2) is 23.3 Å². The Morgan fingerprint density at radius 2 is 2.33 bits per heavy atom. The van der Waals surface area contributed by atoms with Crippen molar-refractivity contribution in [3.63, 3.8) is 0 Å². The van der Waals surface area contributed by atoms with Crippen molar-refractivity contribution < 1.29 is 4.79 Å². The highest BCUT2D eigenvalue weighted by Crippen LogP contribution is 2.25. The zero-order valence-electron chi connectivity index (χ0n) is 7.99. The maximum atomic E-state index is 11.6. The van der Waals surface area contributed by atoms with E-state index < -0.39 is 0 Å². The summed E-state index contributed by atoms with van der Waals surface area (Å²) in [5.41, 5.74) is 0.789. The molecule has 5 heteroatoms. The highest BCUT2D eigenvalue weighted by Gasteiger charge is 2.29. The normalized spacial score (nSPS) is 21.1. The van der Waals surface area contributed by atoms with E-state index >= 15 is 0 Å². The second-order valence-electron chi connectivity index (χ2n) is 3.57. The van der Waals surface area contributed by atoms with Gasteiger partial charge in [0.1, 0.15) is 5.15 Å². The lowest BCUT2D eigenvalue weighted by molar-refractivity contribution is -0.117. The molecule has 0 spiro atoms. The minimum atomic E-state index is 0.102. The van der Waals surface area contributed by atoms with Gasteiger partial charge in [-0.05, 0) is 18.1 Å². The van der Waals surface area contributed by atoms with E-state index in [1.165, 1.54) is 0 Å². The number of hydrogen-bond donors (Lipinski definition) is 0. The highest BCUT2D eigenvalue weighted by molar-refractivity contribution is 6.29. The molecule has 15 heavy (non-hydrogen) atoms. The van der Waals surface area contributed by atoms with Crippen molar-refractivity contribution >= 4 is 34.8 Å². The van der Waals surface area contributed by atoms with E-state index in [4.69, 9.17) is 23.2 Å². The van der Waals surface area contributed by atoms with Gasteiger partial charge in [-0.15, -0.1) is 11.6 Å². The van der Waals surface area contributed by atoms with E-state index in [1.807, 2.05) is 0 Å². The highest BCUT2D eigenvalue weighted by atomic mass is 35.5. The molecular formula is C10H10Cl2N2O. The van der Waals surface area contributed by atoms with Gasteiger partial charge in [0.2, 0.25) is 5.91 Å². The fourth-order valence-corrected chi connectivity index (χ4v) is 1.98. The summed E-state index contributed by atoms with van der Waals surface area (Å²) in [7, 11) is 0. The van der Waals surface area contributed by atoms with Gasteiger partial charge in [0.15, 0.2) is 0 Å². The Hall–Kier alpha value is -0.800. The average Bonchev–Trinajstić information content (AvgIpc) is 2.61. The number of hydrogen-bond acceptors (Lipinski definition) is 2. The number of carbonyl (C=O) groups excluding carboxylic acids is 1. The zero-order chi connectivity index (χ0) is 10.8. The molecule has 1 saturated heterocycles. The molecule has 1 aromatic heterocycles. The Labute approximate surface area is 98.0 Å². The van der Waals surface area contributed by atoms with Crippen molar-refractivity contribution in [2.24, 2.45) is 5.92 Å². The molecular weight excluding hydrogens is 235 g/mol. The predicted molar refractivity (Wildman–Crippen MR) is 60.4 cm³/mol. The van der Waals surface area contributed by atoms with Crippen LogP contribution in [0.3, 0.4) is 0 Å². The molecule has 1 atom stereocenters. The number of nitrogens with zero attached hydrogens (tertiary/aromatic N) is 2. The summed E-state index contributed by atoms with van der Waals surface area (Å²) in [6.45, 7) is 0.672. The van der Waals surface area contributed by atoms with E-state index in [-0.39, 0.29) is 11.8 Å². The summed E-state index contributed by atoms with van der Waals surface area (Å²) in [4.78, 5) is 17.3. The molecule has 0 saturated carbocycles. The first-order valence-corrected chi connectivity index (χ1v) is 5.60. The van der Waals surface area contributed by atoms with Crippen LogP contribution in [0.25, 0.3) is 0 Å². The summed E-state index contributed by atoms with van der Waals surface area (Å²) in [5, 5.41) is 0.430. The van der Waals surface area contributed by atoms with Crippen molar-refractivity contribution in [2.75, 3.05) is 17.3 Å². The van der Waals surface area contributed by atoms with Crippen molar-refractivity contribution in [3.8, 4) is 0 Å². The number of pyridine rings is 1. The largest absolute Gasteiger partial charge is 0.311 e. The average molecular weight is 245 g/mol. The van der Waals surface area contributed by atoms with Crippen LogP contribution in [0.2, 0.25) is 5.15 Å². The van der Waals surface area contributed by atoms with Gasteiger partial charge >= 0.3 is 0 Å². The summed E-state index contributed by atoms with van der Waals surface area (Å²) in [6, 6.07) is 3.47. The third kappa shape index (κ3) is 2.24. The van der Waals surface area contributed by atoms with Gasteiger partial charge in [-0.3, -0.25) is 4.79 Å². The maximum absolute atomic E-state index is 11.6. The van der Waals surface area contributed by atoms with E-state index in [2.05, 4.69) is 4.98 Å². The molecule has 1 fully saturated rings. The molecule has 1 aliphatic heterocycles. The third-order valence-electron chi connectivity index (χ3n) is 2.45. The lowest BCUT2D eigenvalue weighted by Crippen LogP contribution is -2.24. The lowest BCUT2D eigenvalue weighted by atomic mass is 10.1. The van der Waals surface area contributed by atoms with Crippen LogP contribution in [0.15, 0.2) is 18.3 Å². The van der Waals surface area contributed by atoms with Crippen LogP contribution in [0.1, 0.15) is 6.42 Å². The van der Waals surface area contributed by atoms with Gasteiger partial charge in [0.25, 0.3) is 0 Å². The SMILES string of the molecule is O=C1CC(CCl)CN1c1ccc(Cl)nc1. The van der Waals surface area contributed by atoms with E-state index in [0.717, 1.165) is 5.69 Å². The molecule has 3 nitrogen and oxygen atoms in total. The van der Waals surface area contributed by atoms with Gasteiger partial charge in [-0.25, -0.2) is 4.98 Å². The molecule has 1 amide bonds. The number of anilines is 1. The second-order valence-corrected chi connectivity index (χ2v) is 4.26. The number of halogens is 2. The Morgan fingerprint density at radius 1 is 1.53 bits per heavy atom. The smallest absolute Gasteiger partial charge is 0.227 e. The number of alkyl halides is 1. The van der Waals surface area contributed by atoms with Gasteiger partial charge in [-0.2, -0.15) is 0 Å². The Bertz CT molecular complexity index is 366. The van der Waals surface area contributed by atoms with E-state index in [0.29, 0.717) is 24.0 Å². The molecule has 0 bridgehead atoms. The molecule has 0 aromatic carbocycles. The molecule has 80 valence electrons. The third-order valence-corrected chi connectivity index (χ3v) is 3.11. The molecule has 1 aromatic rings. The summed E-state index contributed by atoms with van der Waals surface area (Å²) in [6.07, 6.45) is 2.13. The van der Waals surface area contributed by atoms with Crippen LogP contribution >= 0.6 is 23.2 Å². The molecule has 2 rings (SSSR count). The van der Waals surface area contributed by atoms with E-state index in [1.54, 1.807) is 23.2 Å². The number of carbonyl (C=O) groups is 1. The predicted octanol–water partition coefficient (Wildman–Crippen LogP) is 2.33. The molecule has 0 radical (unpaired) electrons. The maximum Gasteiger partial charge on any atom is 0.227 e. The van der Waals surface area contributed by atoms with Crippen LogP contribution in [-0.2, 0) is 4.79 Å². The number of amides is 1. The topological polar surface area (TPSA) is 33.2 Å². The van der Waals surface area contributed by atoms with Crippen LogP contribution < -0.4 is 4.90 Å². The van der Waals surface area contributed by atoms with Gasteiger partial charge in [0.05, 0.1) is 11.9 Å². The summed E-state index contributed by atoms with van der Waals surface area (Å²) in [5.74, 6) is 0.864. The molecule has 1 unspecified atom stereocenters. The van der Waals surface area contributed by atoms with Crippen molar-refractivity contribution in [1.29, 1.82) is 0 Å². The van der Waals surface area contributed by atoms with Crippen molar-refractivity contribution in [3.05, 3.63) is 23.5 Å². The van der Waals surface area contributed by atoms with Crippen molar-refractivity contribution in [2.45, 2.75) is 6.42 Å². The first-order chi connectivity index (χ1) is 7.20. The monoisotopic (exact) mass is 244 g/mol. The van der Waals surface area contributed by atoms with Gasteiger partial charge < -0.3 is 4.90 Å². The summed E-state index contributed by atoms with van der Waals surface area (Å²) >= 11 is 11.4. The molecule has 0 N–H and O–H groups in total. The minimum absolute atomic E-state index is 0.102. The van der Waals surface area contributed by atoms with Crippen LogP contribution in [0.5, 0.6) is 0 Å². The first kappa shape index (κ1) is 10.7. The standard InChI is InChI=1S/C10H10Cl2N2O/c11-4-7-3-10(15)14(6-7)8-1-2-9(12)13-5-8/h1-2,5,7H,3-4,6H2. The minimum Gasteiger partial charge on any atom is -0.311 e. The molecule has 1 aliphatic rings. The van der Waals surface area contributed by atoms with Crippen LogP contribution in [0, 0.1) is 5.92 Å². The molecule has 0 aliphatic carbocycles. The Kier molecular flexibility index (Phi) is 3.12. The van der Waals surface area contributed by atoms with Gasteiger partial charge in [0, 0.05) is 18.8 Å².